The molecule has 0 fully saturated rings. The summed E-state index contributed by atoms with van der Waals surface area (Å²) in [5, 5.41) is 0. The highest BCUT2D eigenvalue weighted by molar-refractivity contribution is 5.79. The van der Waals surface area contributed by atoms with Crippen LogP contribution >= 0.6 is 0 Å². The van der Waals surface area contributed by atoms with Crippen molar-refractivity contribution in [2.24, 2.45) is 5.92 Å². The molecule has 1 rings (SSSR count). The van der Waals surface area contributed by atoms with E-state index in [0.717, 1.165) is 12.2 Å². The normalized spacial score (nSPS) is 14.8. The number of benzene rings is 1. The molecule has 0 aliphatic heterocycles. The molecule has 0 unspecified atom stereocenters. The van der Waals surface area contributed by atoms with Crippen LogP contribution in [0.25, 0.3) is 0 Å². The van der Waals surface area contributed by atoms with E-state index in [-0.39, 0.29) is 18.6 Å². The monoisotopic (exact) mass is 364 g/mol. The molecule has 5 heteroatoms. The van der Waals surface area contributed by atoms with Crippen LogP contribution in [-0.2, 0) is 19.1 Å². The van der Waals surface area contributed by atoms with E-state index in [1.807, 2.05) is 44.2 Å². The lowest BCUT2D eigenvalue weighted by Gasteiger charge is -2.26. The molecule has 0 saturated heterocycles. The van der Waals surface area contributed by atoms with Crippen LogP contribution in [0.2, 0.25) is 0 Å². The van der Waals surface area contributed by atoms with Gasteiger partial charge in [-0.1, -0.05) is 38.5 Å². The van der Waals surface area contributed by atoms with Crippen molar-refractivity contribution in [3.8, 4) is 5.75 Å². The fourth-order valence-corrected chi connectivity index (χ4v) is 2.45. The molecule has 0 aromatic heterocycles. The van der Waals surface area contributed by atoms with Crippen molar-refractivity contribution >= 4 is 11.9 Å². The second-order valence-electron chi connectivity index (χ2n) is 7.59. The van der Waals surface area contributed by atoms with Gasteiger partial charge in [-0.25, -0.2) is 0 Å². The first-order chi connectivity index (χ1) is 12.1. The van der Waals surface area contributed by atoms with Crippen LogP contribution < -0.4 is 4.74 Å². The van der Waals surface area contributed by atoms with E-state index >= 15 is 0 Å². The Morgan fingerprint density at radius 2 is 1.69 bits per heavy atom. The number of esters is 2. The Hall–Kier alpha value is -2.04. The topological polar surface area (TPSA) is 61.8 Å². The van der Waals surface area contributed by atoms with Crippen LogP contribution in [0.3, 0.4) is 0 Å². The molecule has 5 nitrogen and oxygen atoms in total. The third kappa shape index (κ3) is 8.37. The minimum absolute atomic E-state index is 0.00285. The highest BCUT2D eigenvalue weighted by Gasteiger charge is 2.28. The zero-order valence-corrected chi connectivity index (χ0v) is 16.8. The molecule has 0 saturated carbocycles. The van der Waals surface area contributed by atoms with Crippen LogP contribution in [0.5, 0.6) is 5.75 Å². The molecule has 26 heavy (non-hydrogen) atoms. The number of ether oxygens (including phenoxy) is 3. The third-order valence-corrected chi connectivity index (χ3v) is 3.72. The predicted octanol–water partition coefficient (Wildman–Crippen LogP) is 4.53. The zero-order chi connectivity index (χ0) is 19.7. The van der Waals surface area contributed by atoms with Gasteiger partial charge in [-0.15, -0.1) is 0 Å². The van der Waals surface area contributed by atoms with Crippen LogP contribution in [0.1, 0.15) is 60.8 Å². The molecule has 0 radical (unpaired) electrons. The van der Waals surface area contributed by atoms with Gasteiger partial charge in [-0.3, -0.25) is 9.59 Å². The Morgan fingerprint density at radius 3 is 2.23 bits per heavy atom. The van der Waals surface area contributed by atoms with Gasteiger partial charge >= 0.3 is 11.9 Å². The van der Waals surface area contributed by atoms with E-state index < -0.39 is 23.5 Å². The fourth-order valence-electron chi connectivity index (χ4n) is 2.45. The lowest BCUT2D eigenvalue weighted by molar-refractivity contribution is -0.165. The number of hydrogen-bond acceptors (Lipinski definition) is 5. The minimum Gasteiger partial charge on any atom is -0.487 e. The fraction of sp³-hybridized carbons (Fsp3) is 0.619. The summed E-state index contributed by atoms with van der Waals surface area (Å²) in [4.78, 5) is 24.3. The molecule has 1 aromatic rings. The Kier molecular flexibility index (Phi) is 8.62. The first-order valence-corrected chi connectivity index (χ1v) is 9.26. The van der Waals surface area contributed by atoms with Crippen LogP contribution in [0, 0.1) is 5.92 Å². The predicted molar refractivity (Wildman–Crippen MR) is 101 cm³/mol. The molecule has 0 bridgehead atoms. The van der Waals surface area contributed by atoms with Gasteiger partial charge in [0.1, 0.15) is 23.6 Å². The highest BCUT2D eigenvalue weighted by Crippen LogP contribution is 2.19. The van der Waals surface area contributed by atoms with E-state index in [1.54, 1.807) is 27.7 Å². The molecule has 0 aliphatic carbocycles. The van der Waals surface area contributed by atoms with Crippen LogP contribution in [0.15, 0.2) is 30.3 Å². The van der Waals surface area contributed by atoms with E-state index in [9.17, 15) is 9.59 Å². The molecular weight excluding hydrogens is 332 g/mol. The Balaban J connectivity index is 2.61. The quantitative estimate of drug-likeness (QED) is 0.602. The van der Waals surface area contributed by atoms with Gasteiger partial charge in [-0.2, -0.15) is 0 Å². The number of carbonyl (C=O) groups is 2. The van der Waals surface area contributed by atoms with Crippen molar-refractivity contribution in [1.82, 2.24) is 0 Å². The third-order valence-electron chi connectivity index (χ3n) is 3.72. The molecule has 146 valence electrons. The van der Waals surface area contributed by atoms with Gasteiger partial charge in [0.25, 0.3) is 0 Å². The zero-order valence-electron chi connectivity index (χ0n) is 16.8. The Bertz CT molecular complexity index is 562. The summed E-state index contributed by atoms with van der Waals surface area (Å²) >= 11 is 0. The van der Waals surface area contributed by atoms with Gasteiger partial charge in [0.05, 0.1) is 12.3 Å². The lowest BCUT2D eigenvalue weighted by atomic mass is 10.1. The van der Waals surface area contributed by atoms with E-state index in [4.69, 9.17) is 14.2 Å². The summed E-state index contributed by atoms with van der Waals surface area (Å²) in [6.07, 6.45) is 0.909. The van der Waals surface area contributed by atoms with Crippen LogP contribution in [-0.4, -0.2) is 29.7 Å². The van der Waals surface area contributed by atoms with Crippen molar-refractivity contribution in [1.29, 1.82) is 0 Å². The van der Waals surface area contributed by atoms with Gasteiger partial charge in [0.15, 0.2) is 0 Å². The molecule has 0 heterocycles. The number of hydrogen-bond donors (Lipinski definition) is 0. The van der Waals surface area contributed by atoms with Gasteiger partial charge in [0.2, 0.25) is 0 Å². The van der Waals surface area contributed by atoms with E-state index in [2.05, 4.69) is 0 Å². The first-order valence-electron chi connectivity index (χ1n) is 9.26. The van der Waals surface area contributed by atoms with Gasteiger partial charge < -0.3 is 14.2 Å². The Morgan fingerprint density at radius 1 is 1.08 bits per heavy atom. The van der Waals surface area contributed by atoms with Gasteiger partial charge in [0, 0.05) is 0 Å². The van der Waals surface area contributed by atoms with Crippen LogP contribution in [0.4, 0.5) is 0 Å². The summed E-state index contributed by atoms with van der Waals surface area (Å²) in [6, 6.07) is 9.44. The van der Waals surface area contributed by atoms with Crippen molar-refractivity contribution in [2.45, 2.75) is 78.6 Å². The second kappa shape index (κ2) is 10.2. The molecule has 1 aromatic carbocycles. The number of carbonyl (C=O) groups excluding carboxylic acids is 2. The smallest absolute Gasteiger partial charge is 0.309 e. The molecule has 0 amide bonds. The molecule has 3 atom stereocenters. The Labute approximate surface area is 157 Å². The van der Waals surface area contributed by atoms with Crippen molar-refractivity contribution < 1.29 is 23.8 Å². The summed E-state index contributed by atoms with van der Waals surface area (Å²) in [7, 11) is 0. The molecule has 0 spiro atoms. The minimum atomic E-state index is -0.566. The van der Waals surface area contributed by atoms with Crippen molar-refractivity contribution in [3.05, 3.63) is 30.3 Å². The summed E-state index contributed by atoms with van der Waals surface area (Å²) in [5.74, 6) is -0.632. The molecule has 0 N–H and O–H groups in total. The SMILES string of the molecule is CCC[C@H](OC(=O)[C@H](C)CC(=O)OC(C)(C)C)[C@@H](C)Oc1ccccc1. The summed E-state index contributed by atoms with van der Waals surface area (Å²) in [6.45, 7) is 11.0. The van der Waals surface area contributed by atoms with Crippen molar-refractivity contribution in [2.75, 3.05) is 0 Å². The molecule has 0 aliphatic rings. The number of para-hydroxylation sites is 1. The van der Waals surface area contributed by atoms with Gasteiger partial charge in [-0.05, 0) is 46.2 Å². The highest BCUT2D eigenvalue weighted by atomic mass is 16.6. The maximum Gasteiger partial charge on any atom is 0.309 e. The average Bonchev–Trinajstić information content (AvgIpc) is 2.53. The number of rotatable bonds is 9. The van der Waals surface area contributed by atoms with E-state index in [0.29, 0.717) is 6.42 Å². The van der Waals surface area contributed by atoms with Crippen molar-refractivity contribution in [3.63, 3.8) is 0 Å². The summed E-state index contributed by atoms with van der Waals surface area (Å²) in [5.41, 5.74) is -0.566. The average molecular weight is 364 g/mol. The largest absolute Gasteiger partial charge is 0.487 e. The first kappa shape index (κ1) is 22.0. The molecular formula is C21H32O5. The standard InChI is InChI=1S/C21H32O5/c1-7-11-18(16(3)24-17-12-9-8-10-13-17)25-20(23)15(2)14-19(22)26-21(4,5)6/h8-10,12-13,15-16,18H,7,11,14H2,1-6H3/t15-,16-,18+/m1/s1. The lowest BCUT2D eigenvalue weighted by Crippen LogP contribution is -2.35. The maximum absolute atomic E-state index is 12.4. The maximum atomic E-state index is 12.4. The summed E-state index contributed by atoms with van der Waals surface area (Å²) < 4.78 is 16.8. The second-order valence-corrected chi connectivity index (χ2v) is 7.59. The van der Waals surface area contributed by atoms with E-state index in [1.165, 1.54) is 0 Å².